The van der Waals surface area contributed by atoms with Crippen LogP contribution in [-0.4, -0.2) is 14.5 Å². The summed E-state index contributed by atoms with van der Waals surface area (Å²) in [6.07, 6.45) is 3.36. The van der Waals surface area contributed by atoms with Crippen molar-refractivity contribution in [3.8, 4) is 0 Å². The molecule has 0 saturated carbocycles. The van der Waals surface area contributed by atoms with Crippen molar-refractivity contribution >= 4 is 39.9 Å². The van der Waals surface area contributed by atoms with Gasteiger partial charge >= 0.3 is 4.87 Å². The summed E-state index contributed by atoms with van der Waals surface area (Å²) < 4.78 is 1.58. The third-order valence-electron chi connectivity index (χ3n) is 2.71. The van der Waals surface area contributed by atoms with Crippen molar-refractivity contribution in [1.29, 1.82) is 0 Å². The highest BCUT2D eigenvalue weighted by Crippen LogP contribution is 2.12. The molecule has 3 aromatic rings. The van der Waals surface area contributed by atoms with Gasteiger partial charge in [0.05, 0.1) is 0 Å². The van der Waals surface area contributed by atoms with E-state index >= 15 is 0 Å². The van der Waals surface area contributed by atoms with Gasteiger partial charge < -0.3 is 5.73 Å². The van der Waals surface area contributed by atoms with Crippen LogP contribution in [0.25, 0.3) is 22.6 Å². The van der Waals surface area contributed by atoms with E-state index in [0.29, 0.717) is 0 Å². The normalized spacial score (nSPS) is 11.4. The molecule has 0 aliphatic heterocycles. The van der Waals surface area contributed by atoms with Crippen LogP contribution >= 0.6 is 11.3 Å². The molecule has 0 aliphatic rings. The van der Waals surface area contributed by atoms with Gasteiger partial charge in [-0.1, -0.05) is 41.7 Å². The van der Waals surface area contributed by atoms with Crippen LogP contribution in [0.15, 0.2) is 39.9 Å². The lowest BCUT2D eigenvalue weighted by atomic mass is 10.2. The molecule has 0 spiro atoms. The minimum atomic E-state index is -0.401. The lowest BCUT2D eigenvalue weighted by Crippen LogP contribution is -2.11. The molecule has 0 fully saturated rings. The van der Waals surface area contributed by atoms with Gasteiger partial charge in [0.15, 0.2) is 5.65 Å². The smallest absolute Gasteiger partial charge is 0.313 e. The monoisotopic (exact) mass is 286 g/mol. The van der Waals surface area contributed by atoms with Crippen molar-refractivity contribution in [2.75, 3.05) is 5.73 Å². The summed E-state index contributed by atoms with van der Waals surface area (Å²) in [5.41, 5.74) is 6.32. The first-order valence-corrected chi connectivity index (χ1v) is 6.61. The average Bonchev–Trinajstić information content (AvgIpc) is 2.74. The van der Waals surface area contributed by atoms with E-state index in [1.807, 2.05) is 30.3 Å². The molecule has 3 rings (SSSR count). The Morgan fingerprint density at radius 2 is 2.00 bits per heavy atom. The number of H-pyrrole nitrogens is 1. The molecule has 2 aromatic heterocycles. The lowest BCUT2D eigenvalue weighted by Gasteiger charge is -1.97. The summed E-state index contributed by atoms with van der Waals surface area (Å²) in [7, 11) is 0. The number of nitrogens with two attached hydrogens (primary N) is 1. The highest BCUT2D eigenvalue weighted by atomic mass is 32.1. The molecule has 1 aromatic carbocycles. The van der Waals surface area contributed by atoms with Crippen molar-refractivity contribution in [2.24, 2.45) is 0 Å². The fourth-order valence-corrected chi connectivity index (χ4v) is 2.60. The average molecular weight is 286 g/mol. The molecule has 0 unspecified atom stereocenters. The summed E-state index contributed by atoms with van der Waals surface area (Å²) in [6, 6.07) is 9.52. The van der Waals surface area contributed by atoms with Gasteiger partial charge in [-0.15, -0.1) is 0 Å². The van der Waals surface area contributed by atoms with Crippen LogP contribution in [0.4, 0.5) is 5.95 Å². The number of benzene rings is 1. The molecule has 0 aliphatic carbocycles. The van der Waals surface area contributed by atoms with Crippen LogP contribution in [0.2, 0.25) is 0 Å². The van der Waals surface area contributed by atoms with Gasteiger partial charge in [-0.25, -0.2) is 0 Å². The summed E-state index contributed by atoms with van der Waals surface area (Å²) in [5, 5.41) is 0. The number of nitrogens with one attached hydrogen (secondary N) is 1. The molecule has 2 heterocycles. The Hall–Kier alpha value is -2.67. The third-order valence-corrected chi connectivity index (χ3v) is 3.65. The number of aromatic amines is 1. The van der Waals surface area contributed by atoms with Gasteiger partial charge in [0.1, 0.15) is 4.70 Å². The van der Waals surface area contributed by atoms with Gasteiger partial charge in [-0.2, -0.15) is 4.98 Å². The zero-order chi connectivity index (χ0) is 14.1. The van der Waals surface area contributed by atoms with Crippen molar-refractivity contribution in [1.82, 2.24) is 14.5 Å². The number of aromatic nitrogens is 3. The molecule has 0 atom stereocenters. The third kappa shape index (κ3) is 2.14. The number of nitrogen functional groups attached to an aromatic ring is 1. The first kappa shape index (κ1) is 12.4. The zero-order valence-corrected chi connectivity index (χ0v) is 11.1. The van der Waals surface area contributed by atoms with Crippen molar-refractivity contribution in [3.63, 3.8) is 0 Å². The second-order valence-electron chi connectivity index (χ2n) is 4.07. The molecule has 0 bridgehead atoms. The number of fused-ring (bicyclic) bond motifs is 1. The molecular weight excluding hydrogens is 276 g/mol. The van der Waals surface area contributed by atoms with E-state index in [1.165, 1.54) is 4.57 Å². The first-order valence-electron chi connectivity index (χ1n) is 5.79. The van der Waals surface area contributed by atoms with Crippen molar-refractivity contribution < 1.29 is 0 Å². The fourth-order valence-electron chi connectivity index (χ4n) is 1.80. The fraction of sp³-hybridized carbons (Fsp3) is 0. The number of anilines is 1. The second kappa shape index (κ2) is 4.78. The van der Waals surface area contributed by atoms with E-state index in [-0.39, 0.29) is 21.2 Å². The minimum absolute atomic E-state index is 0.0119. The van der Waals surface area contributed by atoms with Crippen LogP contribution < -0.4 is 16.2 Å². The molecule has 0 amide bonds. The highest BCUT2D eigenvalue weighted by Gasteiger charge is 2.11. The quantitative estimate of drug-likeness (QED) is 0.743. The standard InChI is InChI=1S/C13H10N4O2S/c14-12-15-10-9(11(18)16-12)20-13(19)17(10)7-6-8-4-2-1-3-5-8/h1-7H,(H3,14,15,16,18)/b7-6+. The maximum Gasteiger partial charge on any atom is 0.313 e. The molecule has 7 heteroatoms. The Labute approximate surface area is 116 Å². The summed E-state index contributed by atoms with van der Waals surface area (Å²) in [5.74, 6) is -0.0119. The van der Waals surface area contributed by atoms with E-state index in [0.717, 1.165) is 16.9 Å². The van der Waals surface area contributed by atoms with Gasteiger partial charge in [0, 0.05) is 6.20 Å². The van der Waals surface area contributed by atoms with E-state index in [2.05, 4.69) is 9.97 Å². The topological polar surface area (TPSA) is 93.8 Å². The lowest BCUT2D eigenvalue weighted by molar-refractivity contribution is 1.10. The Morgan fingerprint density at radius 1 is 1.25 bits per heavy atom. The van der Waals surface area contributed by atoms with E-state index in [4.69, 9.17) is 5.73 Å². The summed E-state index contributed by atoms with van der Waals surface area (Å²) in [4.78, 5) is 29.7. The van der Waals surface area contributed by atoms with E-state index < -0.39 is 5.56 Å². The number of thiazole rings is 1. The molecule has 6 nitrogen and oxygen atoms in total. The minimum Gasteiger partial charge on any atom is -0.369 e. The predicted molar refractivity (Wildman–Crippen MR) is 80.6 cm³/mol. The Morgan fingerprint density at radius 3 is 2.75 bits per heavy atom. The Kier molecular flexibility index (Phi) is 2.96. The molecule has 20 heavy (non-hydrogen) atoms. The van der Waals surface area contributed by atoms with Crippen molar-refractivity contribution in [2.45, 2.75) is 0 Å². The molecule has 0 saturated heterocycles. The predicted octanol–water partition coefficient (Wildman–Crippen LogP) is 1.36. The largest absolute Gasteiger partial charge is 0.369 e. The number of nitrogens with zero attached hydrogens (tertiary/aromatic N) is 2. The Bertz CT molecular complexity index is 906. The summed E-state index contributed by atoms with van der Waals surface area (Å²) >= 11 is 0.844. The molecule has 100 valence electrons. The molecule has 3 N–H and O–H groups in total. The van der Waals surface area contributed by atoms with E-state index in [1.54, 1.807) is 12.3 Å². The van der Waals surface area contributed by atoms with Gasteiger partial charge in [-0.3, -0.25) is 19.1 Å². The maximum atomic E-state index is 11.9. The Balaban J connectivity index is 2.17. The summed E-state index contributed by atoms with van der Waals surface area (Å²) in [6.45, 7) is 0. The van der Waals surface area contributed by atoms with Gasteiger partial charge in [0.2, 0.25) is 5.95 Å². The highest BCUT2D eigenvalue weighted by molar-refractivity contribution is 7.16. The first-order chi connectivity index (χ1) is 9.65. The maximum absolute atomic E-state index is 11.9. The zero-order valence-electron chi connectivity index (χ0n) is 10.2. The second-order valence-corrected chi connectivity index (χ2v) is 5.03. The van der Waals surface area contributed by atoms with Crippen molar-refractivity contribution in [3.05, 3.63) is 55.9 Å². The van der Waals surface area contributed by atoms with Crippen LogP contribution in [0.5, 0.6) is 0 Å². The van der Waals surface area contributed by atoms with Gasteiger partial charge in [0.25, 0.3) is 5.56 Å². The van der Waals surface area contributed by atoms with Crippen LogP contribution in [-0.2, 0) is 0 Å². The van der Waals surface area contributed by atoms with E-state index in [9.17, 15) is 9.59 Å². The van der Waals surface area contributed by atoms with Crippen LogP contribution in [0, 0.1) is 0 Å². The molecular formula is C13H10N4O2S. The van der Waals surface area contributed by atoms with Crippen LogP contribution in [0.1, 0.15) is 5.56 Å². The number of hydrogen-bond acceptors (Lipinski definition) is 5. The SMILES string of the molecule is Nc1nc2c(sc(=O)n2/C=C/c2ccccc2)c(=O)[nH]1. The number of rotatable bonds is 2. The van der Waals surface area contributed by atoms with Gasteiger partial charge in [-0.05, 0) is 11.6 Å². The van der Waals surface area contributed by atoms with Crippen LogP contribution in [0.3, 0.4) is 0 Å². The molecule has 0 radical (unpaired) electrons. The number of hydrogen-bond donors (Lipinski definition) is 2.